The van der Waals surface area contributed by atoms with E-state index in [1.165, 1.54) is 4.40 Å². The van der Waals surface area contributed by atoms with E-state index in [1.807, 2.05) is 24.3 Å². The highest BCUT2D eigenvalue weighted by molar-refractivity contribution is 6.30. The van der Waals surface area contributed by atoms with E-state index in [0.717, 1.165) is 34.6 Å². The van der Waals surface area contributed by atoms with Crippen molar-refractivity contribution in [2.75, 3.05) is 7.11 Å². The fourth-order valence-electron chi connectivity index (χ4n) is 3.06. The third-order valence-electron chi connectivity index (χ3n) is 4.29. The predicted octanol–water partition coefficient (Wildman–Crippen LogP) is 3.84. The van der Waals surface area contributed by atoms with Crippen LogP contribution < -0.4 is 10.3 Å². The zero-order valence-corrected chi connectivity index (χ0v) is 13.9. The molecule has 120 valence electrons. The molecular weight excluding hydrogens is 324 g/mol. The van der Waals surface area contributed by atoms with Crippen molar-refractivity contribution in [2.45, 2.75) is 12.8 Å². The van der Waals surface area contributed by atoms with Gasteiger partial charge < -0.3 is 4.74 Å². The van der Waals surface area contributed by atoms with Crippen LogP contribution in [-0.2, 0) is 6.42 Å². The second kappa shape index (κ2) is 5.80. The summed E-state index contributed by atoms with van der Waals surface area (Å²) in [5, 5.41) is 0.526. The number of allylic oxidation sites excluding steroid dienone is 1. The van der Waals surface area contributed by atoms with Crippen LogP contribution in [0.15, 0.2) is 47.4 Å². The lowest BCUT2D eigenvalue weighted by atomic mass is 10.1. The van der Waals surface area contributed by atoms with Crippen LogP contribution in [0.4, 0.5) is 0 Å². The third kappa shape index (κ3) is 2.49. The van der Waals surface area contributed by atoms with Gasteiger partial charge in [-0.3, -0.25) is 9.20 Å². The molecule has 1 aliphatic rings. The Kier molecular flexibility index (Phi) is 3.62. The Labute approximate surface area is 144 Å². The fraction of sp³-hybridized carbons (Fsp3) is 0.158. The summed E-state index contributed by atoms with van der Waals surface area (Å²) in [6.45, 7) is 0. The smallest absolute Gasteiger partial charge is 0.261 e. The lowest BCUT2D eigenvalue weighted by molar-refractivity contribution is 0.415. The highest BCUT2D eigenvalue weighted by Crippen LogP contribution is 2.31. The van der Waals surface area contributed by atoms with Crippen molar-refractivity contribution in [1.29, 1.82) is 0 Å². The number of hydrogen-bond donors (Lipinski definition) is 0. The number of fused-ring (bicyclic) bond motifs is 2. The molecule has 0 saturated carbocycles. The van der Waals surface area contributed by atoms with Gasteiger partial charge in [-0.05, 0) is 54.3 Å². The molecule has 0 atom stereocenters. The first-order valence-electron chi connectivity index (χ1n) is 7.71. The fourth-order valence-corrected chi connectivity index (χ4v) is 3.22. The number of nitrogens with zero attached hydrogens (tertiary/aromatic N) is 2. The van der Waals surface area contributed by atoms with E-state index < -0.39 is 0 Å². The Bertz CT molecular complexity index is 1020. The molecule has 2 heterocycles. The van der Waals surface area contributed by atoms with Crippen molar-refractivity contribution in [3.05, 3.63) is 74.8 Å². The quantitative estimate of drug-likeness (QED) is 0.713. The first-order valence-corrected chi connectivity index (χ1v) is 8.09. The van der Waals surface area contributed by atoms with Gasteiger partial charge in [-0.2, -0.15) is 0 Å². The number of benzene rings is 1. The maximum absolute atomic E-state index is 12.7. The molecule has 0 amide bonds. The second-order valence-corrected chi connectivity index (χ2v) is 6.20. The lowest BCUT2D eigenvalue weighted by Crippen LogP contribution is -2.19. The number of methoxy groups -OCH3 is 1. The summed E-state index contributed by atoms with van der Waals surface area (Å²) < 4.78 is 6.71. The summed E-state index contributed by atoms with van der Waals surface area (Å²) in [4.78, 5) is 17.4. The molecule has 24 heavy (non-hydrogen) atoms. The molecule has 3 aromatic rings. The van der Waals surface area contributed by atoms with Gasteiger partial charge in [-0.1, -0.05) is 23.7 Å². The van der Waals surface area contributed by atoms with Crippen molar-refractivity contribution in [3.63, 3.8) is 0 Å². The molecule has 0 fully saturated rings. The maximum atomic E-state index is 12.7. The van der Waals surface area contributed by atoms with Crippen LogP contribution in [0.1, 0.15) is 23.2 Å². The molecule has 0 radical (unpaired) electrons. The molecule has 0 aliphatic heterocycles. The van der Waals surface area contributed by atoms with Crippen LogP contribution in [0, 0.1) is 0 Å². The van der Waals surface area contributed by atoms with Gasteiger partial charge in [0, 0.05) is 11.8 Å². The predicted molar refractivity (Wildman–Crippen MR) is 95.7 cm³/mol. The number of halogens is 1. The van der Waals surface area contributed by atoms with E-state index in [0.29, 0.717) is 17.1 Å². The monoisotopic (exact) mass is 338 g/mol. The Morgan fingerprint density at radius 2 is 1.96 bits per heavy atom. The summed E-state index contributed by atoms with van der Waals surface area (Å²) >= 11 is 5.99. The zero-order chi connectivity index (χ0) is 16.7. The Morgan fingerprint density at radius 3 is 2.71 bits per heavy atom. The minimum Gasteiger partial charge on any atom is -0.497 e. The number of pyridine rings is 1. The zero-order valence-electron chi connectivity index (χ0n) is 13.1. The highest BCUT2D eigenvalue weighted by atomic mass is 35.5. The molecule has 4 nitrogen and oxygen atoms in total. The van der Waals surface area contributed by atoms with Gasteiger partial charge >= 0.3 is 0 Å². The van der Waals surface area contributed by atoms with Crippen LogP contribution in [0.3, 0.4) is 0 Å². The van der Waals surface area contributed by atoms with Crippen molar-refractivity contribution in [1.82, 2.24) is 9.38 Å². The number of aromatic nitrogens is 2. The van der Waals surface area contributed by atoms with Crippen molar-refractivity contribution < 1.29 is 4.74 Å². The van der Waals surface area contributed by atoms with Gasteiger partial charge in [0.25, 0.3) is 5.56 Å². The highest BCUT2D eigenvalue weighted by Gasteiger charge is 2.22. The molecule has 0 bridgehead atoms. The van der Waals surface area contributed by atoms with Crippen LogP contribution in [0.2, 0.25) is 5.02 Å². The van der Waals surface area contributed by atoms with Gasteiger partial charge in [0.2, 0.25) is 0 Å². The third-order valence-corrected chi connectivity index (χ3v) is 4.51. The van der Waals surface area contributed by atoms with Crippen molar-refractivity contribution in [2.24, 2.45) is 0 Å². The Hall–Kier alpha value is -2.59. The molecule has 0 N–H and O–H groups in total. The number of hydrogen-bond acceptors (Lipinski definition) is 3. The molecule has 5 heteroatoms. The first-order chi connectivity index (χ1) is 11.7. The SMILES string of the molecule is COc1ccc(C=C2CCc3c2nc2ccc(Cl)cn2c3=O)cc1. The van der Waals surface area contributed by atoms with Gasteiger partial charge in [-0.15, -0.1) is 0 Å². The van der Waals surface area contributed by atoms with Crippen LogP contribution in [0.5, 0.6) is 5.75 Å². The summed E-state index contributed by atoms with van der Waals surface area (Å²) in [6.07, 6.45) is 5.23. The van der Waals surface area contributed by atoms with Crippen molar-refractivity contribution >= 4 is 28.9 Å². The van der Waals surface area contributed by atoms with E-state index in [-0.39, 0.29) is 5.56 Å². The molecule has 0 spiro atoms. The van der Waals surface area contributed by atoms with Gasteiger partial charge in [0.1, 0.15) is 11.4 Å². The summed E-state index contributed by atoms with van der Waals surface area (Å²) in [7, 11) is 1.65. The van der Waals surface area contributed by atoms with Gasteiger partial charge in [0.05, 0.1) is 17.8 Å². The number of ether oxygens (including phenoxy) is 1. The summed E-state index contributed by atoms with van der Waals surface area (Å²) in [5.74, 6) is 0.822. The van der Waals surface area contributed by atoms with Crippen LogP contribution in [0.25, 0.3) is 17.3 Å². The second-order valence-electron chi connectivity index (χ2n) is 5.76. The van der Waals surface area contributed by atoms with E-state index >= 15 is 0 Å². The average molecular weight is 339 g/mol. The van der Waals surface area contributed by atoms with Gasteiger partial charge in [0.15, 0.2) is 0 Å². The van der Waals surface area contributed by atoms with E-state index in [9.17, 15) is 4.79 Å². The topological polar surface area (TPSA) is 43.6 Å². The van der Waals surface area contributed by atoms with E-state index in [1.54, 1.807) is 25.4 Å². The largest absolute Gasteiger partial charge is 0.497 e. The average Bonchev–Trinajstić information content (AvgIpc) is 2.99. The van der Waals surface area contributed by atoms with Crippen molar-refractivity contribution in [3.8, 4) is 5.75 Å². The minimum absolute atomic E-state index is 0.0318. The molecule has 0 unspecified atom stereocenters. The molecular formula is C19H15ClN2O2. The maximum Gasteiger partial charge on any atom is 0.261 e. The standard InChI is InChI=1S/C19H15ClN2O2/c1-24-15-6-2-12(3-7-15)10-13-4-8-16-18(13)21-17-9-5-14(20)11-22(17)19(16)23/h2-3,5-7,9-11H,4,8H2,1H3. The molecule has 1 aromatic carbocycles. The number of rotatable bonds is 2. The van der Waals surface area contributed by atoms with Gasteiger partial charge in [-0.25, -0.2) is 4.98 Å². The Morgan fingerprint density at radius 1 is 1.17 bits per heavy atom. The summed E-state index contributed by atoms with van der Waals surface area (Å²) in [6, 6.07) is 11.4. The summed E-state index contributed by atoms with van der Waals surface area (Å²) in [5.41, 5.74) is 4.30. The lowest BCUT2D eigenvalue weighted by Gasteiger charge is -2.06. The first kappa shape index (κ1) is 15.0. The molecule has 1 aliphatic carbocycles. The van der Waals surface area contributed by atoms with E-state index in [4.69, 9.17) is 16.3 Å². The molecule has 0 saturated heterocycles. The Balaban J connectivity index is 1.83. The minimum atomic E-state index is -0.0318. The van der Waals surface area contributed by atoms with Crippen LogP contribution >= 0.6 is 11.6 Å². The molecule has 2 aromatic heterocycles. The van der Waals surface area contributed by atoms with Crippen LogP contribution in [-0.4, -0.2) is 16.5 Å². The normalized spacial score (nSPS) is 15.0. The van der Waals surface area contributed by atoms with E-state index in [2.05, 4.69) is 11.1 Å². The molecule has 4 rings (SSSR count).